The molecular weight excluding hydrogens is 288 g/mol. The van der Waals surface area contributed by atoms with Crippen molar-refractivity contribution in [3.63, 3.8) is 0 Å². The van der Waals surface area contributed by atoms with Crippen molar-refractivity contribution in [1.82, 2.24) is 10.2 Å². The van der Waals surface area contributed by atoms with Gasteiger partial charge >= 0.3 is 0 Å². The lowest BCUT2D eigenvalue weighted by atomic mass is 10.1. The lowest BCUT2D eigenvalue weighted by molar-refractivity contribution is -0.130. The fourth-order valence-corrected chi connectivity index (χ4v) is 5.61. The third-order valence-electron chi connectivity index (χ3n) is 3.93. The van der Waals surface area contributed by atoms with E-state index in [2.05, 4.69) is 10.2 Å². The maximum Gasteiger partial charge on any atom is 0.236 e. The third kappa shape index (κ3) is 3.30. The predicted molar refractivity (Wildman–Crippen MR) is 82.0 cm³/mol. The Morgan fingerprint density at radius 2 is 2.00 bits per heavy atom. The number of carbonyl (C=O) groups is 1. The van der Waals surface area contributed by atoms with Crippen LogP contribution in [-0.2, 0) is 4.79 Å². The van der Waals surface area contributed by atoms with Crippen LogP contribution in [0.4, 0.5) is 0 Å². The normalized spacial score (nSPS) is 35.8. The number of rotatable bonds is 1. The highest BCUT2D eigenvalue weighted by molar-refractivity contribution is 8.07. The Balaban J connectivity index is 0.00000120. The lowest BCUT2D eigenvalue weighted by Gasteiger charge is -2.29. The van der Waals surface area contributed by atoms with Crippen LogP contribution in [0, 0.1) is 0 Å². The molecule has 0 spiro atoms. The van der Waals surface area contributed by atoms with E-state index in [9.17, 15) is 4.79 Å². The average Bonchev–Trinajstić information content (AvgIpc) is 2.69. The van der Waals surface area contributed by atoms with Gasteiger partial charge in [-0.1, -0.05) is 0 Å². The summed E-state index contributed by atoms with van der Waals surface area (Å²) in [6.07, 6.45) is 3.70. The summed E-state index contributed by atoms with van der Waals surface area (Å²) in [6.45, 7) is 1.91. The van der Waals surface area contributed by atoms with E-state index in [0.717, 1.165) is 31.0 Å². The van der Waals surface area contributed by atoms with Gasteiger partial charge in [0, 0.05) is 42.4 Å². The fraction of sp³-hybridized carbons (Fsp3) is 0.917. The first-order valence-corrected chi connectivity index (χ1v) is 8.77. The summed E-state index contributed by atoms with van der Waals surface area (Å²) in [5, 5.41) is 3.86. The topological polar surface area (TPSA) is 32.3 Å². The molecule has 3 fully saturated rings. The molecular formula is C12H21ClN2OS2. The van der Waals surface area contributed by atoms with Gasteiger partial charge in [-0.25, -0.2) is 0 Å². The Hall–Kier alpha value is 0.420. The highest BCUT2D eigenvalue weighted by Crippen LogP contribution is 2.27. The number of hydrogen-bond donors (Lipinski definition) is 1. The Bertz CT molecular complexity index is 300. The molecule has 1 amide bonds. The molecule has 18 heavy (non-hydrogen) atoms. The molecule has 3 saturated heterocycles. The van der Waals surface area contributed by atoms with E-state index in [0.29, 0.717) is 18.0 Å². The van der Waals surface area contributed by atoms with Crippen molar-refractivity contribution < 1.29 is 4.79 Å². The molecule has 3 nitrogen and oxygen atoms in total. The van der Waals surface area contributed by atoms with Gasteiger partial charge in [0.1, 0.15) is 0 Å². The van der Waals surface area contributed by atoms with Gasteiger partial charge < -0.3 is 10.2 Å². The second-order valence-electron chi connectivity index (χ2n) is 5.15. The van der Waals surface area contributed by atoms with Gasteiger partial charge in [-0.2, -0.15) is 11.8 Å². The quantitative estimate of drug-likeness (QED) is 0.798. The SMILES string of the molecule is Cl.O=C(C1CSCCS1)N1CCC2CCC(C1)N2. The van der Waals surface area contributed by atoms with Gasteiger partial charge in [0.15, 0.2) is 0 Å². The van der Waals surface area contributed by atoms with E-state index < -0.39 is 0 Å². The zero-order valence-corrected chi connectivity index (χ0v) is 12.9. The van der Waals surface area contributed by atoms with Crippen molar-refractivity contribution in [3.8, 4) is 0 Å². The van der Waals surface area contributed by atoms with E-state index in [1.54, 1.807) is 0 Å². The monoisotopic (exact) mass is 308 g/mol. The molecule has 0 aromatic heterocycles. The minimum absolute atomic E-state index is 0. The molecule has 0 aromatic carbocycles. The summed E-state index contributed by atoms with van der Waals surface area (Å²) < 4.78 is 0. The van der Waals surface area contributed by atoms with Gasteiger partial charge in [-0.05, 0) is 19.3 Å². The van der Waals surface area contributed by atoms with Crippen molar-refractivity contribution in [2.45, 2.75) is 36.6 Å². The Morgan fingerprint density at radius 1 is 1.17 bits per heavy atom. The maximum absolute atomic E-state index is 12.4. The molecule has 0 radical (unpaired) electrons. The summed E-state index contributed by atoms with van der Waals surface area (Å²) >= 11 is 3.79. The second-order valence-corrected chi connectivity index (χ2v) is 7.61. The summed E-state index contributed by atoms with van der Waals surface area (Å²) in [5.74, 6) is 3.76. The van der Waals surface area contributed by atoms with Crippen molar-refractivity contribution in [1.29, 1.82) is 0 Å². The van der Waals surface area contributed by atoms with Crippen LogP contribution in [0.2, 0.25) is 0 Å². The number of thioether (sulfide) groups is 2. The van der Waals surface area contributed by atoms with Crippen LogP contribution >= 0.6 is 35.9 Å². The number of nitrogens with one attached hydrogen (secondary N) is 1. The highest BCUT2D eigenvalue weighted by atomic mass is 35.5. The largest absolute Gasteiger partial charge is 0.340 e. The summed E-state index contributed by atoms with van der Waals surface area (Å²) in [7, 11) is 0. The van der Waals surface area contributed by atoms with Crippen LogP contribution in [0.3, 0.4) is 0 Å². The van der Waals surface area contributed by atoms with Crippen LogP contribution in [0.1, 0.15) is 19.3 Å². The van der Waals surface area contributed by atoms with Crippen molar-refractivity contribution in [2.24, 2.45) is 0 Å². The molecule has 104 valence electrons. The molecule has 2 bridgehead atoms. The van der Waals surface area contributed by atoms with E-state index >= 15 is 0 Å². The molecule has 1 N–H and O–H groups in total. The van der Waals surface area contributed by atoms with Gasteiger partial charge in [-0.3, -0.25) is 4.79 Å². The summed E-state index contributed by atoms with van der Waals surface area (Å²) in [4.78, 5) is 14.6. The van der Waals surface area contributed by atoms with E-state index in [-0.39, 0.29) is 17.7 Å². The number of carbonyl (C=O) groups excluding carboxylic acids is 1. The number of fused-ring (bicyclic) bond motifs is 2. The van der Waals surface area contributed by atoms with Crippen molar-refractivity contribution >= 4 is 41.8 Å². The highest BCUT2D eigenvalue weighted by Gasteiger charge is 2.34. The molecule has 3 aliphatic rings. The Labute approximate surface area is 124 Å². The van der Waals surface area contributed by atoms with Crippen LogP contribution in [0.5, 0.6) is 0 Å². The van der Waals surface area contributed by atoms with Crippen LogP contribution in [-0.4, -0.2) is 58.5 Å². The Morgan fingerprint density at radius 3 is 2.78 bits per heavy atom. The number of hydrogen-bond acceptors (Lipinski definition) is 4. The van der Waals surface area contributed by atoms with E-state index in [1.807, 2.05) is 23.5 Å². The molecule has 3 aliphatic heterocycles. The third-order valence-corrected chi connectivity index (χ3v) is 6.67. The van der Waals surface area contributed by atoms with E-state index in [4.69, 9.17) is 0 Å². The Kier molecular flexibility index (Phi) is 5.54. The molecule has 0 aromatic rings. The standard InChI is InChI=1S/C12H20N2OS2.ClH/c15-12(11-8-16-5-6-17-11)14-4-3-9-1-2-10(7-14)13-9;/h9-11,13H,1-8H2;1H. The zero-order chi connectivity index (χ0) is 11.7. The second kappa shape index (κ2) is 6.73. The number of likely N-dealkylation sites (tertiary alicyclic amines) is 1. The van der Waals surface area contributed by atoms with Crippen LogP contribution in [0.25, 0.3) is 0 Å². The van der Waals surface area contributed by atoms with Crippen molar-refractivity contribution in [2.75, 3.05) is 30.3 Å². The molecule has 3 atom stereocenters. The fourth-order valence-electron chi connectivity index (χ4n) is 2.98. The van der Waals surface area contributed by atoms with Crippen LogP contribution < -0.4 is 5.32 Å². The maximum atomic E-state index is 12.4. The van der Waals surface area contributed by atoms with Gasteiger partial charge in [0.25, 0.3) is 0 Å². The van der Waals surface area contributed by atoms with Crippen molar-refractivity contribution in [3.05, 3.63) is 0 Å². The predicted octanol–water partition coefficient (Wildman–Crippen LogP) is 1.61. The van der Waals surface area contributed by atoms with Crippen LogP contribution in [0.15, 0.2) is 0 Å². The first-order chi connectivity index (χ1) is 8.33. The van der Waals surface area contributed by atoms with Gasteiger partial charge in [0.2, 0.25) is 5.91 Å². The average molecular weight is 309 g/mol. The minimum Gasteiger partial charge on any atom is -0.340 e. The first kappa shape index (κ1) is 14.8. The molecule has 3 heterocycles. The molecule has 0 saturated carbocycles. The van der Waals surface area contributed by atoms with Gasteiger partial charge in [0.05, 0.1) is 5.25 Å². The smallest absolute Gasteiger partial charge is 0.236 e. The number of nitrogens with zero attached hydrogens (tertiary/aromatic N) is 1. The zero-order valence-electron chi connectivity index (χ0n) is 10.5. The first-order valence-electron chi connectivity index (χ1n) is 6.57. The van der Waals surface area contributed by atoms with E-state index in [1.165, 1.54) is 18.6 Å². The minimum atomic E-state index is 0. The van der Waals surface area contributed by atoms with Gasteiger partial charge in [-0.15, -0.1) is 24.2 Å². The lowest BCUT2D eigenvalue weighted by Crippen LogP contribution is -2.44. The number of amides is 1. The molecule has 3 rings (SSSR count). The molecule has 0 aliphatic carbocycles. The summed E-state index contributed by atoms with van der Waals surface area (Å²) in [6, 6.07) is 1.24. The summed E-state index contributed by atoms with van der Waals surface area (Å²) in [5.41, 5.74) is 0. The molecule has 6 heteroatoms. The molecule has 3 unspecified atom stereocenters. The number of halogens is 1.